The van der Waals surface area contributed by atoms with Gasteiger partial charge in [-0.2, -0.15) is 0 Å². The maximum Gasteiger partial charge on any atom is 0.253 e. The van der Waals surface area contributed by atoms with E-state index in [-0.39, 0.29) is 17.6 Å². The van der Waals surface area contributed by atoms with Gasteiger partial charge in [0.15, 0.2) is 5.78 Å². The molecular weight excluding hydrogens is 478 g/mol. The Morgan fingerprint density at radius 3 is 2.51 bits per heavy atom. The Labute approximate surface area is 234 Å². The molecule has 0 N–H and O–H groups in total. The van der Waals surface area contributed by atoms with E-state index in [0.717, 1.165) is 67.5 Å². The lowest BCUT2D eigenvalue weighted by atomic mass is 9.78. The molecule has 1 atom stereocenters. The molecule has 0 saturated heterocycles. The van der Waals surface area contributed by atoms with Crippen molar-refractivity contribution in [2.24, 2.45) is 5.92 Å². The first-order valence-corrected chi connectivity index (χ1v) is 14.4. The number of allylic oxidation sites excluding steroid dienone is 2. The molecule has 1 unspecified atom stereocenters. The number of nitrogens with zero attached hydrogens (tertiary/aromatic N) is 1. The number of fused-ring (bicyclic) bond motifs is 1. The van der Waals surface area contributed by atoms with Gasteiger partial charge in [-0.25, -0.2) is 0 Å². The largest absolute Gasteiger partial charge is 0.339 e. The van der Waals surface area contributed by atoms with Gasteiger partial charge in [0.2, 0.25) is 0 Å². The quantitative estimate of drug-likeness (QED) is 0.153. The third-order valence-electron chi connectivity index (χ3n) is 7.75. The van der Waals surface area contributed by atoms with E-state index in [4.69, 9.17) is 0 Å². The van der Waals surface area contributed by atoms with Gasteiger partial charge in [0, 0.05) is 30.1 Å². The van der Waals surface area contributed by atoms with Gasteiger partial charge in [0.25, 0.3) is 5.91 Å². The first-order chi connectivity index (χ1) is 18.9. The zero-order chi connectivity index (χ0) is 27.9. The summed E-state index contributed by atoms with van der Waals surface area (Å²) in [6, 6.07) is 20.8. The van der Waals surface area contributed by atoms with E-state index in [2.05, 4.69) is 63.7 Å². The highest BCUT2D eigenvalue weighted by Gasteiger charge is 2.28. The molecule has 0 heterocycles. The summed E-state index contributed by atoms with van der Waals surface area (Å²) in [5, 5.41) is 0. The molecule has 202 valence electrons. The van der Waals surface area contributed by atoms with E-state index in [9.17, 15) is 9.59 Å². The molecule has 0 spiro atoms. The number of aryl methyl sites for hydroxylation is 2. The van der Waals surface area contributed by atoms with Crippen molar-refractivity contribution in [3.63, 3.8) is 0 Å². The van der Waals surface area contributed by atoms with Gasteiger partial charge in [-0.3, -0.25) is 9.59 Å². The van der Waals surface area contributed by atoms with E-state index in [1.807, 2.05) is 48.2 Å². The minimum atomic E-state index is -0.0571. The summed E-state index contributed by atoms with van der Waals surface area (Å²) in [6.45, 7) is 13.7. The van der Waals surface area contributed by atoms with E-state index in [1.54, 1.807) is 0 Å². The van der Waals surface area contributed by atoms with Crippen molar-refractivity contribution in [1.29, 1.82) is 0 Å². The SMILES string of the molecule is C=CCCCN(CCC)C(=O)c1ccc(C=C2C(=O)C(C)Cc3ccc(-c4c(C)cccc4CC)cc32)cc1. The molecule has 0 bridgehead atoms. The van der Waals surface area contributed by atoms with Crippen molar-refractivity contribution in [2.45, 2.75) is 59.8 Å². The first kappa shape index (κ1) is 28.3. The van der Waals surface area contributed by atoms with Crippen LogP contribution in [-0.2, 0) is 17.6 Å². The summed E-state index contributed by atoms with van der Waals surface area (Å²) >= 11 is 0. The van der Waals surface area contributed by atoms with Gasteiger partial charge >= 0.3 is 0 Å². The second-order valence-electron chi connectivity index (χ2n) is 10.7. The lowest BCUT2D eigenvalue weighted by molar-refractivity contribution is -0.117. The van der Waals surface area contributed by atoms with Gasteiger partial charge in [0.1, 0.15) is 0 Å². The second-order valence-corrected chi connectivity index (χ2v) is 10.7. The van der Waals surface area contributed by atoms with Gasteiger partial charge < -0.3 is 4.90 Å². The van der Waals surface area contributed by atoms with E-state index in [0.29, 0.717) is 5.56 Å². The van der Waals surface area contributed by atoms with Gasteiger partial charge in [-0.1, -0.05) is 69.3 Å². The van der Waals surface area contributed by atoms with Crippen molar-refractivity contribution < 1.29 is 9.59 Å². The molecule has 3 nitrogen and oxygen atoms in total. The van der Waals surface area contributed by atoms with Crippen LogP contribution in [0.2, 0.25) is 0 Å². The first-order valence-electron chi connectivity index (χ1n) is 14.4. The Hall–Kier alpha value is -3.72. The zero-order valence-electron chi connectivity index (χ0n) is 23.9. The number of carbonyl (C=O) groups is 2. The van der Waals surface area contributed by atoms with Crippen LogP contribution in [0, 0.1) is 12.8 Å². The summed E-state index contributed by atoms with van der Waals surface area (Å²) in [5.41, 5.74) is 9.60. The molecule has 3 heteroatoms. The van der Waals surface area contributed by atoms with Crippen LogP contribution in [0.15, 0.2) is 73.3 Å². The molecule has 39 heavy (non-hydrogen) atoms. The minimum absolute atomic E-state index is 0.0571. The van der Waals surface area contributed by atoms with Crippen LogP contribution < -0.4 is 0 Å². The number of hydrogen-bond acceptors (Lipinski definition) is 2. The average Bonchev–Trinajstić information content (AvgIpc) is 2.95. The molecule has 0 saturated carbocycles. The number of carbonyl (C=O) groups excluding carboxylic acids is 2. The lowest BCUT2D eigenvalue weighted by Crippen LogP contribution is -2.32. The predicted molar refractivity (Wildman–Crippen MR) is 164 cm³/mol. The number of hydrogen-bond donors (Lipinski definition) is 0. The van der Waals surface area contributed by atoms with Crippen molar-refractivity contribution in [1.82, 2.24) is 4.90 Å². The summed E-state index contributed by atoms with van der Waals surface area (Å²) in [6.07, 6.45) is 8.36. The molecule has 0 aromatic heterocycles. The fourth-order valence-electron chi connectivity index (χ4n) is 5.65. The summed E-state index contributed by atoms with van der Waals surface area (Å²) < 4.78 is 0. The highest BCUT2D eigenvalue weighted by Crippen LogP contribution is 2.37. The van der Waals surface area contributed by atoms with Crippen LogP contribution in [0.3, 0.4) is 0 Å². The molecule has 1 aliphatic rings. The van der Waals surface area contributed by atoms with Crippen LogP contribution in [0.5, 0.6) is 0 Å². The van der Waals surface area contributed by atoms with Crippen LogP contribution in [0.4, 0.5) is 0 Å². The normalized spacial score (nSPS) is 15.7. The third-order valence-corrected chi connectivity index (χ3v) is 7.75. The third kappa shape index (κ3) is 6.30. The highest BCUT2D eigenvalue weighted by molar-refractivity contribution is 6.27. The molecule has 0 radical (unpaired) electrons. The zero-order valence-corrected chi connectivity index (χ0v) is 23.9. The second kappa shape index (κ2) is 12.9. The Balaban J connectivity index is 1.68. The van der Waals surface area contributed by atoms with Crippen LogP contribution in [-0.4, -0.2) is 29.7 Å². The number of ketones is 1. The van der Waals surface area contributed by atoms with Crippen molar-refractivity contribution in [3.05, 3.63) is 107 Å². The van der Waals surface area contributed by atoms with Gasteiger partial charge in [-0.15, -0.1) is 6.58 Å². The molecular formula is C36H41NO2. The van der Waals surface area contributed by atoms with Gasteiger partial charge in [-0.05, 0) is 102 Å². The molecule has 3 aromatic carbocycles. The Bertz CT molecular complexity index is 1380. The maximum absolute atomic E-state index is 13.5. The molecule has 1 aliphatic carbocycles. The number of Topliss-reactive ketones (excluding diaryl/α,β-unsaturated/α-hetero) is 1. The van der Waals surface area contributed by atoms with E-state index >= 15 is 0 Å². The standard InChI is InChI=1S/C36H41NO2/c1-6-9-10-21-37(20-7-2)36(39)29-16-14-27(15-17-29)23-33-32-24-31(19-18-30(32)22-26(5)35(33)38)34-25(4)12-11-13-28(34)8-3/h6,11-19,23-24,26H,1,7-10,20-22H2,2-5H3. The maximum atomic E-state index is 13.5. The van der Waals surface area contributed by atoms with Crippen LogP contribution in [0.25, 0.3) is 22.8 Å². The highest BCUT2D eigenvalue weighted by atomic mass is 16.2. The van der Waals surface area contributed by atoms with E-state index in [1.165, 1.54) is 22.3 Å². The Morgan fingerprint density at radius 1 is 1.05 bits per heavy atom. The Kier molecular flexibility index (Phi) is 9.35. The minimum Gasteiger partial charge on any atom is -0.339 e. The molecule has 0 aliphatic heterocycles. The lowest BCUT2D eigenvalue weighted by Gasteiger charge is -2.25. The Morgan fingerprint density at radius 2 is 1.82 bits per heavy atom. The van der Waals surface area contributed by atoms with Crippen LogP contribution in [0.1, 0.15) is 78.2 Å². The number of unbranched alkanes of at least 4 members (excludes halogenated alkanes) is 1. The van der Waals surface area contributed by atoms with Gasteiger partial charge in [0.05, 0.1) is 0 Å². The summed E-state index contributed by atoms with van der Waals surface area (Å²) in [5.74, 6) is 0.178. The molecule has 4 rings (SSSR count). The molecule has 0 fully saturated rings. The summed E-state index contributed by atoms with van der Waals surface area (Å²) in [7, 11) is 0. The fraction of sp³-hybridized carbons (Fsp3) is 0.333. The number of rotatable bonds is 10. The van der Waals surface area contributed by atoms with Crippen molar-refractivity contribution in [2.75, 3.05) is 13.1 Å². The topological polar surface area (TPSA) is 37.4 Å². The molecule has 1 amide bonds. The molecule has 3 aromatic rings. The van der Waals surface area contributed by atoms with E-state index < -0.39 is 0 Å². The predicted octanol–water partition coefficient (Wildman–Crippen LogP) is 8.34. The van der Waals surface area contributed by atoms with Crippen molar-refractivity contribution >= 4 is 23.3 Å². The number of benzene rings is 3. The fourth-order valence-corrected chi connectivity index (χ4v) is 5.65. The monoisotopic (exact) mass is 519 g/mol. The number of amides is 1. The summed E-state index contributed by atoms with van der Waals surface area (Å²) in [4.78, 5) is 28.6. The van der Waals surface area contributed by atoms with Crippen LogP contribution >= 0.6 is 0 Å². The average molecular weight is 520 g/mol. The smallest absolute Gasteiger partial charge is 0.253 e. The van der Waals surface area contributed by atoms with Crippen molar-refractivity contribution in [3.8, 4) is 11.1 Å².